The lowest BCUT2D eigenvalue weighted by molar-refractivity contribution is -0.150. The Bertz CT molecular complexity index is 546. The molecule has 0 bridgehead atoms. The minimum atomic E-state index is -1.21. The van der Waals surface area contributed by atoms with Crippen LogP contribution < -0.4 is 0 Å². The summed E-state index contributed by atoms with van der Waals surface area (Å²) >= 11 is 0. The number of amides is 2. The van der Waals surface area contributed by atoms with E-state index in [-0.39, 0.29) is 32.1 Å². The Balaban J connectivity index is 2.77. The van der Waals surface area contributed by atoms with Gasteiger partial charge in [-0.15, -0.1) is 0 Å². The molecular weight excluding hydrogens is 288 g/mol. The highest BCUT2D eigenvalue weighted by Gasteiger charge is 2.23. The molecule has 0 aliphatic carbocycles. The maximum absolute atomic E-state index is 11.1. The Kier molecular flexibility index (Phi) is 4.89. The number of carbonyl (C=O) groups is 4. The molecule has 4 N–H and O–H groups in total. The van der Waals surface area contributed by atoms with E-state index in [0.717, 1.165) is 4.57 Å². The Morgan fingerprint density at radius 3 is 1.76 bits per heavy atom. The van der Waals surface area contributed by atoms with Gasteiger partial charge in [0, 0.05) is 13.1 Å². The third-order valence-electron chi connectivity index (χ3n) is 2.66. The number of aromatic nitrogens is 1. The van der Waals surface area contributed by atoms with Crippen LogP contribution >= 0.6 is 0 Å². The summed E-state index contributed by atoms with van der Waals surface area (Å²) < 4.78 is 0.722. The van der Waals surface area contributed by atoms with E-state index in [2.05, 4.69) is 0 Å². The second-order valence-corrected chi connectivity index (χ2v) is 3.91. The van der Waals surface area contributed by atoms with Crippen LogP contribution in [0.2, 0.25) is 0 Å². The first-order valence-corrected chi connectivity index (χ1v) is 5.63. The van der Waals surface area contributed by atoms with Crippen molar-refractivity contribution in [3.63, 3.8) is 0 Å². The summed E-state index contributed by atoms with van der Waals surface area (Å²) in [4.78, 5) is 43.4. The SMILES string of the molecule is O=CC(=O)N(CCCn1c(O)c(O)c(O)c1O)C(=O)C=O. The first kappa shape index (κ1) is 16.0. The Morgan fingerprint density at radius 2 is 1.38 bits per heavy atom. The van der Waals surface area contributed by atoms with Crippen molar-refractivity contribution in [3.05, 3.63) is 0 Å². The van der Waals surface area contributed by atoms with Gasteiger partial charge in [-0.1, -0.05) is 0 Å². The summed E-state index contributed by atoms with van der Waals surface area (Å²) in [5.74, 6) is -5.87. The molecule has 0 aromatic carbocycles. The van der Waals surface area contributed by atoms with Gasteiger partial charge in [-0.2, -0.15) is 0 Å². The van der Waals surface area contributed by atoms with Crippen molar-refractivity contribution in [2.45, 2.75) is 13.0 Å². The molecule has 0 saturated carbocycles. The van der Waals surface area contributed by atoms with Crippen LogP contribution in [0.15, 0.2) is 0 Å². The maximum atomic E-state index is 11.1. The highest BCUT2D eigenvalue weighted by molar-refractivity contribution is 6.35. The van der Waals surface area contributed by atoms with Crippen molar-refractivity contribution in [2.24, 2.45) is 0 Å². The molecule has 1 rings (SSSR count). The van der Waals surface area contributed by atoms with Gasteiger partial charge in [0.1, 0.15) is 0 Å². The van der Waals surface area contributed by atoms with Gasteiger partial charge in [0.05, 0.1) is 0 Å². The van der Waals surface area contributed by atoms with E-state index < -0.39 is 35.1 Å². The number of aldehydes is 2. The summed E-state index contributed by atoms with van der Waals surface area (Å²) in [6.07, 6.45) is -0.332. The molecule has 0 aliphatic rings. The number of hydrogen-bond donors (Lipinski definition) is 4. The van der Waals surface area contributed by atoms with Crippen LogP contribution in [0.1, 0.15) is 6.42 Å². The van der Waals surface area contributed by atoms with E-state index in [1.165, 1.54) is 0 Å². The van der Waals surface area contributed by atoms with Crippen LogP contribution in [-0.2, 0) is 25.7 Å². The molecule has 0 radical (unpaired) electrons. The molecule has 0 spiro atoms. The van der Waals surface area contributed by atoms with Gasteiger partial charge in [0.25, 0.3) is 11.8 Å². The topological polar surface area (TPSA) is 157 Å². The minimum absolute atomic E-state index is 0.0617. The Labute approximate surface area is 117 Å². The van der Waals surface area contributed by atoms with E-state index in [4.69, 9.17) is 0 Å². The van der Waals surface area contributed by atoms with E-state index in [1.807, 2.05) is 0 Å². The van der Waals surface area contributed by atoms with Gasteiger partial charge >= 0.3 is 0 Å². The average molecular weight is 300 g/mol. The van der Waals surface area contributed by atoms with Gasteiger partial charge in [-0.05, 0) is 6.42 Å². The second kappa shape index (κ2) is 6.41. The monoisotopic (exact) mass is 300 g/mol. The fourth-order valence-corrected chi connectivity index (χ4v) is 1.62. The number of rotatable bonds is 6. The number of aromatic hydroxyl groups is 4. The molecule has 0 fully saturated rings. The fraction of sp³-hybridized carbons (Fsp3) is 0.273. The molecule has 0 atom stereocenters. The second-order valence-electron chi connectivity index (χ2n) is 3.91. The smallest absolute Gasteiger partial charge is 0.293 e. The van der Waals surface area contributed by atoms with E-state index in [1.54, 1.807) is 0 Å². The zero-order chi connectivity index (χ0) is 16.2. The first-order chi connectivity index (χ1) is 9.84. The number of carbonyl (C=O) groups excluding carboxylic acids is 4. The molecule has 21 heavy (non-hydrogen) atoms. The largest absolute Gasteiger partial charge is 0.500 e. The molecule has 10 nitrogen and oxygen atoms in total. The molecule has 0 aliphatic heterocycles. The highest BCUT2D eigenvalue weighted by atomic mass is 16.4. The van der Waals surface area contributed by atoms with Gasteiger partial charge in [0.15, 0.2) is 0 Å². The minimum Gasteiger partial charge on any atom is -0.500 e. The van der Waals surface area contributed by atoms with Crippen molar-refractivity contribution >= 4 is 24.4 Å². The summed E-state index contributed by atoms with van der Waals surface area (Å²) in [6.45, 7) is -0.547. The Hall–Kier alpha value is -3.04. The van der Waals surface area contributed by atoms with Crippen LogP contribution in [0.4, 0.5) is 0 Å². The van der Waals surface area contributed by atoms with Crippen LogP contribution in [0.3, 0.4) is 0 Å². The van der Waals surface area contributed by atoms with Gasteiger partial charge in [0.2, 0.25) is 35.8 Å². The maximum Gasteiger partial charge on any atom is 0.293 e. The van der Waals surface area contributed by atoms with Crippen molar-refractivity contribution in [1.82, 2.24) is 9.47 Å². The summed E-state index contributed by atoms with van der Waals surface area (Å²) in [7, 11) is 0. The molecule has 1 aromatic heterocycles. The molecule has 1 heterocycles. The quantitative estimate of drug-likeness (QED) is 0.363. The number of imide groups is 1. The third-order valence-corrected chi connectivity index (χ3v) is 2.66. The standard InChI is InChI=1S/C11H12N2O8/c14-4-6(16)12(7(17)5-15)2-1-3-13-10(20)8(18)9(19)11(13)21/h4-5,18-21H,1-3H2. The van der Waals surface area contributed by atoms with Gasteiger partial charge < -0.3 is 20.4 Å². The molecule has 114 valence electrons. The molecule has 0 unspecified atom stereocenters. The lowest BCUT2D eigenvalue weighted by atomic mass is 10.3. The van der Waals surface area contributed by atoms with Crippen LogP contribution in [0.5, 0.6) is 23.3 Å². The van der Waals surface area contributed by atoms with Crippen molar-refractivity contribution < 1.29 is 39.6 Å². The highest BCUT2D eigenvalue weighted by Crippen LogP contribution is 2.45. The van der Waals surface area contributed by atoms with E-state index >= 15 is 0 Å². The van der Waals surface area contributed by atoms with Crippen molar-refractivity contribution in [3.8, 4) is 23.3 Å². The fourth-order valence-electron chi connectivity index (χ4n) is 1.62. The molecule has 1 aromatic rings. The van der Waals surface area contributed by atoms with Crippen LogP contribution in [-0.4, -0.2) is 60.8 Å². The lowest BCUT2D eigenvalue weighted by Gasteiger charge is -2.15. The normalized spacial score (nSPS) is 10.1. The van der Waals surface area contributed by atoms with Gasteiger partial charge in [-0.25, -0.2) is 0 Å². The number of hydrogen-bond acceptors (Lipinski definition) is 8. The lowest BCUT2D eigenvalue weighted by Crippen LogP contribution is -2.39. The molecule has 0 saturated heterocycles. The molecule has 10 heteroatoms. The summed E-state index contributed by atoms with van der Waals surface area (Å²) in [5.41, 5.74) is 0. The molecule has 2 amide bonds. The summed E-state index contributed by atoms with van der Waals surface area (Å²) in [5, 5.41) is 37.2. The summed E-state index contributed by atoms with van der Waals surface area (Å²) in [6, 6.07) is 0. The molecular formula is C11H12N2O8. The zero-order valence-electron chi connectivity index (χ0n) is 10.6. The zero-order valence-corrected chi connectivity index (χ0v) is 10.6. The van der Waals surface area contributed by atoms with Crippen LogP contribution in [0.25, 0.3) is 0 Å². The predicted molar refractivity (Wildman–Crippen MR) is 64.6 cm³/mol. The third kappa shape index (κ3) is 3.11. The Morgan fingerprint density at radius 1 is 0.952 bits per heavy atom. The van der Waals surface area contributed by atoms with E-state index in [0.29, 0.717) is 4.90 Å². The van der Waals surface area contributed by atoms with E-state index in [9.17, 15) is 39.6 Å². The van der Waals surface area contributed by atoms with Crippen molar-refractivity contribution in [1.29, 1.82) is 0 Å². The number of nitrogens with zero attached hydrogens (tertiary/aromatic N) is 2. The first-order valence-electron chi connectivity index (χ1n) is 5.63. The van der Waals surface area contributed by atoms with Gasteiger partial charge in [-0.3, -0.25) is 28.6 Å². The van der Waals surface area contributed by atoms with Crippen LogP contribution in [0, 0.1) is 0 Å². The van der Waals surface area contributed by atoms with Crippen molar-refractivity contribution in [2.75, 3.05) is 6.54 Å². The average Bonchev–Trinajstić information content (AvgIpc) is 2.67. The predicted octanol–water partition coefficient (Wildman–Crippen LogP) is -1.55.